The maximum Gasteiger partial charge on any atom is 0.261 e. The van der Waals surface area contributed by atoms with Gasteiger partial charge in [0.2, 0.25) is 0 Å². The third-order valence-electron chi connectivity index (χ3n) is 3.93. The van der Waals surface area contributed by atoms with Crippen molar-refractivity contribution in [1.82, 2.24) is 0 Å². The van der Waals surface area contributed by atoms with Crippen LogP contribution >= 0.6 is 34.2 Å². The number of hydrogen-bond donors (Lipinski definition) is 2. The smallest absolute Gasteiger partial charge is 0.261 e. The summed E-state index contributed by atoms with van der Waals surface area (Å²) in [5.41, 5.74) is 0.545. The Balaban J connectivity index is 1.79. The molecule has 2 N–H and O–H groups in total. The molecular weight excluding hydrogens is 563 g/mol. The van der Waals surface area contributed by atoms with Crippen LogP contribution in [-0.2, 0) is 20.0 Å². The average molecular weight is 579 g/mol. The predicted octanol–water partition coefficient (Wildman–Crippen LogP) is 4.55. The average Bonchev–Trinajstić information content (AvgIpc) is 2.67. The molecule has 11 heteroatoms. The van der Waals surface area contributed by atoms with Crippen LogP contribution in [0.1, 0.15) is 0 Å². The zero-order valence-corrected chi connectivity index (χ0v) is 20.0. The van der Waals surface area contributed by atoms with Crippen LogP contribution in [0.5, 0.6) is 5.75 Å². The van der Waals surface area contributed by atoms with E-state index in [1.807, 2.05) is 22.6 Å². The number of benzene rings is 3. The van der Waals surface area contributed by atoms with Gasteiger partial charge in [-0.3, -0.25) is 9.44 Å². The molecule has 0 aliphatic heterocycles. The first-order valence-electron chi connectivity index (χ1n) is 8.35. The zero-order chi connectivity index (χ0) is 21.9. The molecule has 0 saturated heterocycles. The Labute approximate surface area is 193 Å². The molecule has 0 unspecified atom stereocenters. The predicted molar refractivity (Wildman–Crippen MR) is 125 cm³/mol. The monoisotopic (exact) mass is 578 g/mol. The number of ether oxygens (including phenoxy) is 1. The number of methoxy groups -OCH3 is 1. The highest BCUT2D eigenvalue weighted by Gasteiger charge is 2.18. The molecule has 0 aromatic heterocycles. The van der Waals surface area contributed by atoms with Crippen LogP contribution in [-0.4, -0.2) is 23.9 Å². The van der Waals surface area contributed by atoms with Crippen LogP contribution in [0.3, 0.4) is 0 Å². The van der Waals surface area contributed by atoms with Crippen molar-refractivity contribution >= 4 is 65.6 Å². The lowest BCUT2D eigenvalue weighted by Gasteiger charge is -2.11. The first kappa shape index (κ1) is 22.7. The largest absolute Gasteiger partial charge is 0.496 e. The van der Waals surface area contributed by atoms with E-state index in [1.165, 1.54) is 49.6 Å². The summed E-state index contributed by atoms with van der Waals surface area (Å²) in [7, 11) is -6.21. The van der Waals surface area contributed by atoms with Crippen LogP contribution in [0.2, 0.25) is 5.02 Å². The Hall–Kier alpha value is -2.02. The maximum atomic E-state index is 12.6. The van der Waals surface area contributed by atoms with Gasteiger partial charge >= 0.3 is 0 Å². The third kappa shape index (κ3) is 5.36. The highest BCUT2D eigenvalue weighted by Crippen LogP contribution is 2.26. The summed E-state index contributed by atoms with van der Waals surface area (Å²) in [6.07, 6.45) is 0. The summed E-state index contributed by atoms with van der Waals surface area (Å²) in [5.74, 6) is 0.566. The van der Waals surface area contributed by atoms with Gasteiger partial charge in [-0.1, -0.05) is 17.7 Å². The fraction of sp³-hybridized carbons (Fsp3) is 0.0526. The van der Waals surface area contributed by atoms with Crippen LogP contribution < -0.4 is 14.2 Å². The van der Waals surface area contributed by atoms with E-state index in [0.717, 1.165) is 0 Å². The first-order valence-corrected chi connectivity index (χ1v) is 12.8. The van der Waals surface area contributed by atoms with Gasteiger partial charge in [-0.05, 0) is 83.3 Å². The molecule has 7 nitrogen and oxygen atoms in total. The molecule has 0 atom stereocenters. The third-order valence-corrected chi connectivity index (χ3v) is 7.78. The molecule has 0 aliphatic carbocycles. The molecule has 3 aromatic carbocycles. The van der Waals surface area contributed by atoms with Crippen molar-refractivity contribution in [1.29, 1.82) is 0 Å². The molecule has 3 rings (SSSR count). The molecular formula is C19H16ClIN2O5S2. The Morgan fingerprint density at radius 3 is 2.00 bits per heavy atom. The van der Waals surface area contributed by atoms with Crippen molar-refractivity contribution in [3.05, 3.63) is 75.3 Å². The molecule has 0 heterocycles. The van der Waals surface area contributed by atoms with Crippen molar-refractivity contribution < 1.29 is 21.6 Å². The van der Waals surface area contributed by atoms with Gasteiger partial charge in [0, 0.05) is 10.7 Å². The number of sulfonamides is 2. The minimum Gasteiger partial charge on any atom is -0.496 e. The van der Waals surface area contributed by atoms with E-state index in [9.17, 15) is 16.8 Å². The molecule has 0 fully saturated rings. The van der Waals surface area contributed by atoms with Crippen molar-refractivity contribution in [2.45, 2.75) is 9.79 Å². The first-order chi connectivity index (χ1) is 14.1. The van der Waals surface area contributed by atoms with E-state index in [-0.39, 0.29) is 15.5 Å². The lowest BCUT2D eigenvalue weighted by Crippen LogP contribution is -2.14. The summed E-state index contributed by atoms with van der Waals surface area (Å²) in [5, 5.41) is 0.396. The van der Waals surface area contributed by atoms with Gasteiger partial charge in [0.05, 0.1) is 26.2 Å². The molecule has 0 bridgehead atoms. The van der Waals surface area contributed by atoms with Crippen molar-refractivity contribution in [3.63, 3.8) is 0 Å². The molecule has 158 valence electrons. The van der Waals surface area contributed by atoms with Gasteiger partial charge in [0.1, 0.15) is 5.75 Å². The molecule has 0 spiro atoms. The standard InChI is InChI=1S/C19H16ClIN2O5S2/c1-28-19-10-9-17(12-18(19)21)30(26,27)22-14-5-7-16(8-6-14)29(24,25)23-15-4-2-3-13(20)11-15/h2-12,22-23H,1H3. The minimum absolute atomic E-state index is 0.0237. The Bertz CT molecular complexity index is 1280. The van der Waals surface area contributed by atoms with E-state index >= 15 is 0 Å². The number of halogens is 2. The van der Waals surface area contributed by atoms with E-state index in [4.69, 9.17) is 16.3 Å². The number of rotatable bonds is 7. The van der Waals surface area contributed by atoms with Gasteiger partial charge in [0.25, 0.3) is 20.0 Å². The van der Waals surface area contributed by atoms with E-state index < -0.39 is 20.0 Å². The number of nitrogens with one attached hydrogen (secondary N) is 2. The highest BCUT2D eigenvalue weighted by molar-refractivity contribution is 14.1. The fourth-order valence-electron chi connectivity index (χ4n) is 2.50. The molecule has 0 aliphatic rings. The number of hydrogen-bond acceptors (Lipinski definition) is 5. The summed E-state index contributed by atoms with van der Waals surface area (Å²) in [6.45, 7) is 0. The van der Waals surface area contributed by atoms with Crippen LogP contribution in [0.4, 0.5) is 11.4 Å². The second-order valence-corrected chi connectivity index (χ2v) is 11.0. The van der Waals surface area contributed by atoms with E-state index in [2.05, 4.69) is 9.44 Å². The number of anilines is 2. The summed E-state index contributed by atoms with van der Waals surface area (Å²) >= 11 is 7.85. The maximum absolute atomic E-state index is 12.6. The Morgan fingerprint density at radius 2 is 1.40 bits per heavy atom. The quantitative estimate of drug-likeness (QED) is 0.401. The van der Waals surface area contributed by atoms with Gasteiger partial charge in [-0.25, -0.2) is 16.8 Å². The second-order valence-electron chi connectivity index (χ2n) is 6.04. The summed E-state index contributed by atoms with van der Waals surface area (Å²) in [6, 6.07) is 16.1. The van der Waals surface area contributed by atoms with Crippen LogP contribution in [0, 0.1) is 3.57 Å². The van der Waals surface area contributed by atoms with Gasteiger partial charge in [0.15, 0.2) is 0 Å². The molecule has 30 heavy (non-hydrogen) atoms. The van der Waals surface area contributed by atoms with E-state index in [0.29, 0.717) is 20.0 Å². The Kier molecular flexibility index (Phi) is 6.80. The minimum atomic E-state index is -3.86. The highest BCUT2D eigenvalue weighted by atomic mass is 127. The van der Waals surface area contributed by atoms with Crippen molar-refractivity contribution in [2.75, 3.05) is 16.6 Å². The fourth-order valence-corrected chi connectivity index (χ4v) is 5.77. The molecule has 0 amide bonds. The topological polar surface area (TPSA) is 102 Å². The normalized spacial score (nSPS) is 11.7. The lowest BCUT2D eigenvalue weighted by molar-refractivity contribution is 0.411. The Morgan fingerprint density at radius 1 is 0.800 bits per heavy atom. The molecule has 0 radical (unpaired) electrons. The summed E-state index contributed by atoms with van der Waals surface area (Å²) in [4.78, 5) is 0.0384. The lowest BCUT2D eigenvalue weighted by atomic mass is 10.3. The zero-order valence-electron chi connectivity index (χ0n) is 15.5. The van der Waals surface area contributed by atoms with Gasteiger partial charge in [-0.2, -0.15) is 0 Å². The van der Waals surface area contributed by atoms with Crippen LogP contribution in [0.15, 0.2) is 76.5 Å². The SMILES string of the molecule is COc1ccc(S(=O)(=O)Nc2ccc(S(=O)(=O)Nc3cccc(Cl)c3)cc2)cc1I. The van der Waals surface area contributed by atoms with Gasteiger partial charge in [-0.15, -0.1) is 0 Å². The van der Waals surface area contributed by atoms with Crippen molar-refractivity contribution in [2.24, 2.45) is 0 Å². The van der Waals surface area contributed by atoms with Crippen LogP contribution in [0.25, 0.3) is 0 Å². The summed E-state index contributed by atoms with van der Waals surface area (Å²) < 4.78 is 60.9. The van der Waals surface area contributed by atoms with Gasteiger partial charge < -0.3 is 4.74 Å². The second kappa shape index (κ2) is 9.00. The molecule has 0 saturated carbocycles. The van der Waals surface area contributed by atoms with Crippen molar-refractivity contribution in [3.8, 4) is 5.75 Å². The van der Waals surface area contributed by atoms with E-state index in [1.54, 1.807) is 24.3 Å². The molecule has 3 aromatic rings.